The summed E-state index contributed by atoms with van der Waals surface area (Å²) in [6.07, 6.45) is 1.07. The Morgan fingerprint density at radius 2 is 1.46 bits per heavy atom. The van der Waals surface area contributed by atoms with Crippen molar-refractivity contribution in [3.63, 3.8) is 0 Å². The second kappa shape index (κ2) is 10.2. The van der Waals surface area contributed by atoms with Crippen LogP contribution >= 0.6 is 11.6 Å². The zero-order chi connectivity index (χ0) is 25.3. The standard InChI is InChI=1S/C27H27ClF2N2O2S/c1-31(2)15-18-4-6-19(7-5-18)26(20-8-10-23(28)11-9-20)32-16-22(17-32)27(35(3,33)34)21-12-24(29)14-25(30)13-21/h4-14,26H,15-17H2,1-3H3. The number of likely N-dealkylation sites (tertiary alicyclic amines) is 1. The van der Waals surface area contributed by atoms with Gasteiger partial charge in [0.25, 0.3) is 0 Å². The van der Waals surface area contributed by atoms with E-state index in [1.807, 2.05) is 38.4 Å². The molecule has 0 bridgehead atoms. The van der Waals surface area contributed by atoms with Crippen molar-refractivity contribution in [1.29, 1.82) is 0 Å². The third kappa shape index (κ3) is 5.98. The van der Waals surface area contributed by atoms with E-state index in [2.05, 4.69) is 34.1 Å². The van der Waals surface area contributed by atoms with Crippen LogP contribution in [0, 0.1) is 11.6 Å². The molecular weight excluding hydrogens is 490 g/mol. The zero-order valence-corrected chi connectivity index (χ0v) is 21.4. The molecule has 3 aromatic rings. The summed E-state index contributed by atoms with van der Waals surface area (Å²) in [4.78, 5) is 4.23. The molecule has 0 aliphatic carbocycles. The molecule has 1 unspecified atom stereocenters. The van der Waals surface area contributed by atoms with E-state index in [-0.39, 0.29) is 16.5 Å². The SMILES string of the molecule is CN(C)Cc1ccc(C(c2ccc(Cl)cc2)N2CC(=C(c3cc(F)cc(F)c3)S(C)(=O)=O)C2)cc1. The summed E-state index contributed by atoms with van der Waals surface area (Å²) >= 11 is 6.11. The van der Waals surface area contributed by atoms with Crippen molar-refractivity contribution in [2.24, 2.45) is 0 Å². The molecular formula is C27H27ClF2N2O2S. The lowest BCUT2D eigenvalue weighted by molar-refractivity contribution is 0.203. The molecule has 0 amide bonds. The van der Waals surface area contributed by atoms with E-state index < -0.39 is 21.5 Å². The highest BCUT2D eigenvalue weighted by atomic mass is 35.5. The molecule has 0 aromatic heterocycles. The Morgan fingerprint density at radius 1 is 0.943 bits per heavy atom. The van der Waals surface area contributed by atoms with Gasteiger partial charge in [-0.2, -0.15) is 0 Å². The average Bonchev–Trinajstić information content (AvgIpc) is 2.72. The Labute approximate surface area is 210 Å². The normalized spacial score (nSPS) is 15.2. The first-order valence-electron chi connectivity index (χ1n) is 11.1. The summed E-state index contributed by atoms with van der Waals surface area (Å²) in [5.74, 6) is -1.62. The Morgan fingerprint density at radius 3 is 1.94 bits per heavy atom. The molecule has 8 heteroatoms. The van der Waals surface area contributed by atoms with Crippen molar-refractivity contribution < 1.29 is 17.2 Å². The number of rotatable bonds is 7. The molecule has 0 spiro atoms. The van der Waals surface area contributed by atoms with Gasteiger partial charge >= 0.3 is 0 Å². The third-order valence-electron chi connectivity index (χ3n) is 5.95. The first kappa shape index (κ1) is 25.5. The van der Waals surface area contributed by atoms with Crippen LogP contribution in [0.4, 0.5) is 8.78 Å². The van der Waals surface area contributed by atoms with Crippen LogP contribution < -0.4 is 0 Å². The van der Waals surface area contributed by atoms with E-state index in [1.165, 1.54) is 5.56 Å². The Kier molecular flexibility index (Phi) is 7.43. The highest BCUT2D eigenvalue weighted by molar-refractivity contribution is 8.00. The van der Waals surface area contributed by atoms with Crippen LogP contribution in [0.15, 0.2) is 72.3 Å². The number of hydrogen-bond acceptors (Lipinski definition) is 4. The summed E-state index contributed by atoms with van der Waals surface area (Å²) in [5, 5.41) is 0.630. The predicted octanol–water partition coefficient (Wildman–Crippen LogP) is 5.54. The minimum absolute atomic E-state index is 0.0108. The van der Waals surface area contributed by atoms with Crippen LogP contribution in [-0.4, -0.2) is 51.7 Å². The van der Waals surface area contributed by atoms with Crippen LogP contribution in [-0.2, 0) is 16.4 Å². The van der Waals surface area contributed by atoms with Gasteiger partial charge in [-0.15, -0.1) is 0 Å². The first-order valence-corrected chi connectivity index (χ1v) is 13.4. The summed E-state index contributed by atoms with van der Waals surface area (Å²) in [5.41, 5.74) is 3.93. The molecule has 3 aromatic carbocycles. The minimum atomic E-state index is -3.72. The van der Waals surface area contributed by atoms with Gasteiger partial charge in [-0.1, -0.05) is 48.0 Å². The summed E-state index contributed by atoms with van der Waals surface area (Å²) in [7, 11) is 0.317. The highest BCUT2D eigenvalue weighted by Gasteiger charge is 2.34. The van der Waals surface area contributed by atoms with Crippen LogP contribution in [0.2, 0.25) is 5.02 Å². The zero-order valence-electron chi connectivity index (χ0n) is 19.8. The lowest BCUT2D eigenvalue weighted by atomic mass is 9.91. The second-order valence-corrected chi connectivity index (χ2v) is 11.6. The summed E-state index contributed by atoms with van der Waals surface area (Å²) in [6.45, 7) is 1.53. The van der Waals surface area contributed by atoms with Gasteiger partial charge < -0.3 is 4.90 Å². The third-order valence-corrected chi connectivity index (χ3v) is 7.47. The van der Waals surface area contributed by atoms with E-state index in [0.717, 1.165) is 42.1 Å². The van der Waals surface area contributed by atoms with Crippen molar-refractivity contribution in [1.82, 2.24) is 9.80 Å². The molecule has 1 atom stereocenters. The van der Waals surface area contributed by atoms with Crippen LogP contribution in [0.1, 0.15) is 28.3 Å². The molecule has 1 heterocycles. The minimum Gasteiger partial charge on any atom is -0.305 e. The van der Waals surface area contributed by atoms with Crippen molar-refractivity contribution in [2.45, 2.75) is 12.6 Å². The molecule has 1 aliphatic heterocycles. The fourth-order valence-electron chi connectivity index (χ4n) is 4.57. The highest BCUT2D eigenvalue weighted by Crippen LogP contribution is 2.38. The second-order valence-electron chi connectivity index (χ2n) is 9.20. The molecule has 1 fully saturated rings. The van der Waals surface area contributed by atoms with Crippen molar-refractivity contribution >= 4 is 26.3 Å². The van der Waals surface area contributed by atoms with Gasteiger partial charge in [-0.25, -0.2) is 17.2 Å². The van der Waals surface area contributed by atoms with Gasteiger partial charge in [0.15, 0.2) is 9.84 Å². The monoisotopic (exact) mass is 516 g/mol. The maximum atomic E-state index is 13.9. The van der Waals surface area contributed by atoms with E-state index in [9.17, 15) is 17.2 Å². The molecule has 35 heavy (non-hydrogen) atoms. The quantitative estimate of drug-likeness (QED) is 0.413. The fourth-order valence-corrected chi connectivity index (χ4v) is 5.89. The first-order chi connectivity index (χ1) is 16.5. The largest absolute Gasteiger partial charge is 0.305 e. The van der Waals surface area contributed by atoms with Gasteiger partial charge in [-0.05, 0) is 66.2 Å². The molecule has 1 aliphatic rings. The predicted molar refractivity (Wildman–Crippen MR) is 137 cm³/mol. The maximum Gasteiger partial charge on any atom is 0.176 e. The fraction of sp³-hybridized carbons (Fsp3) is 0.259. The van der Waals surface area contributed by atoms with E-state index in [4.69, 9.17) is 11.6 Å². The number of hydrogen-bond donors (Lipinski definition) is 0. The molecule has 4 rings (SSSR count). The number of sulfone groups is 1. The molecule has 0 saturated carbocycles. The molecule has 0 radical (unpaired) electrons. The van der Waals surface area contributed by atoms with Gasteiger partial charge in [-0.3, -0.25) is 4.90 Å². The van der Waals surface area contributed by atoms with Crippen molar-refractivity contribution in [3.05, 3.63) is 111 Å². The number of halogens is 3. The molecule has 184 valence electrons. The smallest absolute Gasteiger partial charge is 0.176 e. The maximum absolute atomic E-state index is 13.9. The Bertz CT molecular complexity index is 1330. The Balaban J connectivity index is 1.71. The molecule has 4 nitrogen and oxygen atoms in total. The van der Waals surface area contributed by atoms with Gasteiger partial charge in [0.2, 0.25) is 0 Å². The topological polar surface area (TPSA) is 40.6 Å². The average molecular weight is 517 g/mol. The summed E-state index contributed by atoms with van der Waals surface area (Å²) in [6, 6.07) is 18.7. The van der Waals surface area contributed by atoms with Gasteiger partial charge in [0.05, 0.1) is 10.9 Å². The van der Waals surface area contributed by atoms with Crippen molar-refractivity contribution in [2.75, 3.05) is 33.4 Å². The lowest BCUT2D eigenvalue weighted by Gasteiger charge is -2.42. The Hall–Kier alpha value is -2.58. The van der Waals surface area contributed by atoms with Gasteiger partial charge in [0, 0.05) is 37.0 Å². The van der Waals surface area contributed by atoms with Crippen LogP contribution in [0.5, 0.6) is 0 Å². The van der Waals surface area contributed by atoms with Crippen molar-refractivity contribution in [3.8, 4) is 0 Å². The van der Waals surface area contributed by atoms with E-state index in [1.54, 1.807) is 0 Å². The van der Waals surface area contributed by atoms with E-state index >= 15 is 0 Å². The molecule has 0 N–H and O–H groups in total. The van der Waals surface area contributed by atoms with E-state index in [0.29, 0.717) is 23.7 Å². The van der Waals surface area contributed by atoms with Gasteiger partial charge in [0.1, 0.15) is 11.6 Å². The van der Waals surface area contributed by atoms with Crippen LogP contribution in [0.25, 0.3) is 4.91 Å². The lowest BCUT2D eigenvalue weighted by Crippen LogP contribution is -2.44. The molecule has 1 saturated heterocycles. The summed E-state index contributed by atoms with van der Waals surface area (Å²) < 4.78 is 53.0. The number of nitrogens with zero attached hydrogens (tertiary/aromatic N) is 2. The number of benzene rings is 3. The van der Waals surface area contributed by atoms with Crippen LogP contribution in [0.3, 0.4) is 0 Å².